The number of imidazole rings is 1. The first-order chi connectivity index (χ1) is 8.61. The second-order valence-corrected chi connectivity index (χ2v) is 4.40. The summed E-state index contributed by atoms with van der Waals surface area (Å²) in [6.45, 7) is 5.33. The van der Waals surface area contributed by atoms with Crippen LogP contribution in [0.4, 0.5) is 5.95 Å². The molecule has 0 amide bonds. The standard InChI is InChI=1S/C13H19N3O2/c1-9(2)18-7-6-16-12-8-10(17-3)4-5-11(12)15-13(16)14/h4-5,8-9H,6-7H2,1-3H3,(H2,14,15). The van der Waals surface area contributed by atoms with Crippen LogP contribution in [-0.2, 0) is 11.3 Å². The molecular weight excluding hydrogens is 230 g/mol. The monoisotopic (exact) mass is 249 g/mol. The van der Waals surface area contributed by atoms with E-state index < -0.39 is 0 Å². The molecule has 1 aromatic heterocycles. The summed E-state index contributed by atoms with van der Waals surface area (Å²) in [7, 11) is 1.65. The third kappa shape index (κ3) is 2.56. The Kier molecular flexibility index (Phi) is 3.72. The third-order valence-electron chi connectivity index (χ3n) is 2.75. The van der Waals surface area contributed by atoms with E-state index in [1.54, 1.807) is 7.11 Å². The van der Waals surface area contributed by atoms with Crippen LogP contribution in [0.15, 0.2) is 18.2 Å². The lowest BCUT2D eigenvalue weighted by atomic mass is 10.3. The first-order valence-electron chi connectivity index (χ1n) is 6.03. The molecule has 0 aliphatic heterocycles. The Balaban J connectivity index is 2.27. The van der Waals surface area contributed by atoms with Crippen molar-refractivity contribution in [2.45, 2.75) is 26.5 Å². The van der Waals surface area contributed by atoms with E-state index in [9.17, 15) is 0 Å². The molecule has 0 atom stereocenters. The highest BCUT2D eigenvalue weighted by Gasteiger charge is 2.09. The molecule has 0 fully saturated rings. The van der Waals surface area contributed by atoms with E-state index in [-0.39, 0.29) is 6.10 Å². The number of hydrogen-bond acceptors (Lipinski definition) is 4. The van der Waals surface area contributed by atoms with Gasteiger partial charge in [0.15, 0.2) is 0 Å². The van der Waals surface area contributed by atoms with Crippen molar-refractivity contribution >= 4 is 17.0 Å². The molecule has 0 aliphatic rings. The fourth-order valence-electron chi connectivity index (χ4n) is 1.86. The molecule has 2 N–H and O–H groups in total. The maximum absolute atomic E-state index is 5.92. The number of rotatable bonds is 5. The van der Waals surface area contributed by atoms with Gasteiger partial charge >= 0.3 is 0 Å². The first kappa shape index (κ1) is 12.7. The van der Waals surface area contributed by atoms with E-state index in [0.29, 0.717) is 19.1 Å². The lowest BCUT2D eigenvalue weighted by Gasteiger charge is -2.10. The highest BCUT2D eigenvalue weighted by molar-refractivity contribution is 5.79. The summed E-state index contributed by atoms with van der Waals surface area (Å²) in [5.74, 6) is 1.30. The average Bonchev–Trinajstić information content (AvgIpc) is 2.64. The minimum atomic E-state index is 0.218. The predicted octanol–water partition coefficient (Wildman–Crippen LogP) is 2.05. The molecule has 0 radical (unpaired) electrons. The van der Waals surface area contributed by atoms with Gasteiger partial charge in [-0.1, -0.05) is 0 Å². The molecule has 0 spiro atoms. The summed E-state index contributed by atoms with van der Waals surface area (Å²) in [6.07, 6.45) is 0.218. The van der Waals surface area contributed by atoms with Crippen molar-refractivity contribution in [3.63, 3.8) is 0 Å². The van der Waals surface area contributed by atoms with Gasteiger partial charge in [-0.05, 0) is 26.0 Å². The number of nitrogen functional groups attached to an aromatic ring is 1. The van der Waals surface area contributed by atoms with Crippen molar-refractivity contribution in [1.82, 2.24) is 9.55 Å². The predicted molar refractivity (Wildman–Crippen MR) is 71.8 cm³/mol. The zero-order chi connectivity index (χ0) is 13.1. The SMILES string of the molecule is COc1ccc2nc(N)n(CCOC(C)C)c2c1. The molecule has 2 aromatic rings. The van der Waals surface area contributed by atoms with Crippen molar-refractivity contribution < 1.29 is 9.47 Å². The Labute approximate surface area is 107 Å². The van der Waals surface area contributed by atoms with Crippen LogP contribution >= 0.6 is 0 Å². The van der Waals surface area contributed by atoms with Gasteiger partial charge in [0.2, 0.25) is 5.95 Å². The van der Waals surface area contributed by atoms with E-state index in [1.165, 1.54) is 0 Å². The van der Waals surface area contributed by atoms with Crippen LogP contribution in [0.5, 0.6) is 5.75 Å². The van der Waals surface area contributed by atoms with Gasteiger partial charge in [0.05, 0.1) is 30.9 Å². The van der Waals surface area contributed by atoms with Gasteiger partial charge < -0.3 is 19.8 Å². The molecule has 0 bridgehead atoms. The van der Waals surface area contributed by atoms with Gasteiger partial charge in [-0.25, -0.2) is 4.98 Å². The normalized spacial score (nSPS) is 11.3. The van der Waals surface area contributed by atoms with Crippen molar-refractivity contribution in [1.29, 1.82) is 0 Å². The van der Waals surface area contributed by atoms with Crippen LogP contribution in [0.3, 0.4) is 0 Å². The van der Waals surface area contributed by atoms with Crippen LogP contribution in [0, 0.1) is 0 Å². The highest BCUT2D eigenvalue weighted by atomic mass is 16.5. The minimum Gasteiger partial charge on any atom is -0.497 e. The Morgan fingerprint density at radius 1 is 1.39 bits per heavy atom. The molecule has 0 aliphatic carbocycles. The molecule has 0 saturated carbocycles. The average molecular weight is 249 g/mol. The Hall–Kier alpha value is -1.75. The second kappa shape index (κ2) is 5.27. The topological polar surface area (TPSA) is 62.3 Å². The van der Waals surface area contributed by atoms with Gasteiger partial charge in [-0.15, -0.1) is 0 Å². The molecule has 5 heteroatoms. The Bertz CT molecular complexity index is 534. The third-order valence-corrected chi connectivity index (χ3v) is 2.75. The Morgan fingerprint density at radius 2 is 2.17 bits per heavy atom. The van der Waals surface area contributed by atoms with Crippen LogP contribution in [0.1, 0.15) is 13.8 Å². The van der Waals surface area contributed by atoms with Crippen LogP contribution in [-0.4, -0.2) is 29.4 Å². The van der Waals surface area contributed by atoms with Crippen molar-refractivity contribution in [2.75, 3.05) is 19.5 Å². The summed E-state index contributed by atoms with van der Waals surface area (Å²) in [4.78, 5) is 4.32. The van der Waals surface area contributed by atoms with Gasteiger partial charge in [0, 0.05) is 12.6 Å². The second-order valence-electron chi connectivity index (χ2n) is 4.40. The van der Waals surface area contributed by atoms with Crippen molar-refractivity contribution in [3.8, 4) is 5.75 Å². The van der Waals surface area contributed by atoms with Crippen LogP contribution in [0.25, 0.3) is 11.0 Å². The molecular formula is C13H19N3O2. The quantitative estimate of drug-likeness (QED) is 0.881. The van der Waals surface area contributed by atoms with E-state index in [0.717, 1.165) is 16.8 Å². The zero-order valence-corrected chi connectivity index (χ0v) is 11.0. The molecule has 0 unspecified atom stereocenters. The number of benzene rings is 1. The number of nitrogens with zero attached hydrogens (tertiary/aromatic N) is 2. The molecule has 1 aromatic carbocycles. The van der Waals surface area contributed by atoms with Gasteiger partial charge in [0.25, 0.3) is 0 Å². The summed E-state index contributed by atoms with van der Waals surface area (Å²) in [5, 5.41) is 0. The summed E-state index contributed by atoms with van der Waals surface area (Å²) >= 11 is 0. The van der Waals surface area contributed by atoms with Gasteiger partial charge in [-0.3, -0.25) is 0 Å². The van der Waals surface area contributed by atoms with Crippen LogP contribution < -0.4 is 10.5 Å². The van der Waals surface area contributed by atoms with Crippen molar-refractivity contribution in [3.05, 3.63) is 18.2 Å². The highest BCUT2D eigenvalue weighted by Crippen LogP contribution is 2.22. The summed E-state index contributed by atoms with van der Waals surface area (Å²) < 4.78 is 12.7. The summed E-state index contributed by atoms with van der Waals surface area (Å²) in [5.41, 5.74) is 7.76. The van der Waals surface area contributed by atoms with E-state index >= 15 is 0 Å². The molecule has 1 heterocycles. The lowest BCUT2D eigenvalue weighted by molar-refractivity contribution is 0.0735. The number of fused-ring (bicyclic) bond motifs is 1. The van der Waals surface area contributed by atoms with E-state index in [2.05, 4.69) is 4.98 Å². The fourth-order valence-corrected chi connectivity index (χ4v) is 1.86. The van der Waals surface area contributed by atoms with Gasteiger partial charge in [0.1, 0.15) is 5.75 Å². The number of anilines is 1. The number of nitrogens with two attached hydrogens (primary N) is 1. The number of methoxy groups -OCH3 is 1. The van der Waals surface area contributed by atoms with Crippen molar-refractivity contribution in [2.24, 2.45) is 0 Å². The molecule has 0 saturated heterocycles. The minimum absolute atomic E-state index is 0.218. The summed E-state index contributed by atoms with van der Waals surface area (Å²) in [6, 6.07) is 5.72. The van der Waals surface area contributed by atoms with Gasteiger partial charge in [-0.2, -0.15) is 0 Å². The van der Waals surface area contributed by atoms with E-state index in [4.69, 9.17) is 15.2 Å². The maximum atomic E-state index is 5.92. The van der Waals surface area contributed by atoms with Crippen LogP contribution in [0.2, 0.25) is 0 Å². The molecule has 98 valence electrons. The smallest absolute Gasteiger partial charge is 0.201 e. The molecule has 18 heavy (non-hydrogen) atoms. The number of ether oxygens (including phenoxy) is 2. The number of aromatic nitrogens is 2. The lowest BCUT2D eigenvalue weighted by Crippen LogP contribution is -2.12. The zero-order valence-electron chi connectivity index (χ0n) is 11.0. The molecule has 5 nitrogen and oxygen atoms in total. The maximum Gasteiger partial charge on any atom is 0.201 e. The Morgan fingerprint density at radius 3 is 2.83 bits per heavy atom. The largest absolute Gasteiger partial charge is 0.497 e. The fraction of sp³-hybridized carbons (Fsp3) is 0.462. The molecule has 2 rings (SSSR count). The van der Waals surface area contributed by atoms with E-state index in [1.807, 2.05) is 36.6 Å². The number of hydrogen-bond donors (Lipinski definition) is 1. The first-order valence-corrected chi connectivity index (χ1v) is 6.03.